The number of rotatable bonds is 2. The lowest BCUT2D eigenvalue weighted by Crippen LogP contribution is -2.45. The molecule has 1 aromatic rings. The van der Waals surface area contributed by atoms with Crippen LogP contribution in [0.5, 0.6) is 5.75 Å². The van der Waals surface area contributed by atoms with Gasteiger partial charge in [-0.3, -0.25) is 4.79 Å². The van der Waals surface area contributed by atoms with Gasteiger partial charge in [0.2, 0.25) is 5.91 Å². The van der Waals surface area contributed by atoms with Gasteiger partial charge in [0.25, 0.3) is 0 Å². The van der Waals surface area contributed by atoms with Crippen LogP contribution in [0.2, 0.25) is 0 Å². The van der Waals surface area contributed by atoms with Gasteiger partial charge in [-0.2, -0.15) is 0 Å². The van der Waals surface area contributed by atoms with E-state index in [1.54, 1.807) is 0 Å². The predicted molar refractivity (Wildman–Crippen MR) is 76.7 cm³/mol. The van der Waals surface area contributed by atoms with Crippen LogP contribution in [-0.2, 0) is 4.79 Å². The third-order valence-electron chi connectivity index (χ3n) is 3.01. The number of amides is 1. The van der Waals surface area contributed by atoms with Crippen LogP contribution in [0, 0.1) is 0 Å². The van der Waals surface area contributed by atoms with Crippen LogP contribution in [0.15, 0.2) is 24.3 Å². The molecule has 0 saturated carbocycles. The fourth-order valence-corrected chi connectivity index (χ4v) is 2.02. The standard InChI is InChI=1S/C15H22N2O2/c1-15(2,3)16-11-14(18)17-9-6-10-19-13-8-5-4-7-12(13)17/h4-5,7-8,16H,6,9-11H2,1-3H3. The Morgan fingerprint density at radius 3 is 2.84 bits per heavy atom. The molecule has 0 unspecified atom stereocenters. The maximum atomic E-state index is 12.4. The Morgan fingerprint density at radius 2 is 2.11 bits per heavy atom. The van der Waals surface area contributed by atoms with Crippen molar-refractivity contribution in [1.82, 2.24) is 5.32 Å². The van der Waals surface area contributed by atoms with Crippen molar-refractivity contribution in [1.29, 1.82) is 0 Å². The van der Waals surface area contributed by atoms with E-state index >= 15 is 0 Å². The highest BCUT2D eigenvalue weighted by atomic mass is 16.5. The van der Waals surface area contributed by atoms with E-state index in [0.717, 1.165) is 17.9 Å². The van der Waals surface area contributed by atoms with Crippen molar-refractivity contribution < 1.29 is 9.53 Å². The molecule has 0 aromatic heterocycles. The maximum absolute atomic E-state index is 12.4. The van der Waals surface area contributed by atoms with Gasteiger partial charge in [-0.1, -0.05) is 12.1 Å². The van der Waals surface area contributed by atoms with Gasteiger partial charge in [-0.05, 0) is 39.3 Å². The summed E-state index contributed by atoms with van der Waals surface area (Å²) in [4.78, 5) is 14.2. The second-order valence-corrected chi connectivity index (χ2v) is 5.82. The summed E-state index contributed by atoms with van der Waals surface area (Å²) < 4.78 is 5.66. The first-order valence-corrected chi connectivity index (χ1v) is 6.74. The Labute approximate surface area is 114 Å². The third-order valence-corrected chi connectivity index (χ3v) is 3.01. The first kappa shape index (κ1) is 13.9. The van der Waals surface area contributed by atoms with Crippen molar-refractivity contribution in [3.63, 3.8) is 0 Å². The zero-order valence-electron chi connectivity index (χ0n) is 11.9. The molecule has 1 aliphatic heterocycles. The molecule has 0 bridgehead atoms. The highest BCUT2D eigenvalue weighted by Crippen LogP contribution is 2.30. The van der Waals surface area contributed by atoms with E-state index in [1.807, 2.05) is 29.2 Å². The molecule has 4 nitrogen and oxygen atoms in total. The van der Waals surface area contributed by atoms with Crippen LogP contribution in [0.3, 0.4) is 0 Å². The van der Waals surface area contributed by atoms with Crippen molar-refractivity contribution in [3.8, 4) is 5.75 Å². The molecule has 1 heterocycles. The van der Waals surface area contributed by atoms with E-state index in [1.165, 1.54) is 0 Å². The second kappa shape index (κ2) is 5.61. The van der Waals surface area contributed by atoms with E-state index in [-0.39, 0.29) is 11.4 Å². The molecule has 19 heavy (non-hydrogen) atoms. The second-order valence-electron chi connectivity index (χ2n) is 5.82. The Hall–Kier alpha value is -1.55. The smallest absolute Gasteiger partial charge is 0.241 e. The summed E-state index contributed by atoms with van der Waals surface area (Å²) in [5.74, 6) is 0.886. The Bertz CT molecular complexity index is 452. The maximum Gasteiger partial charge on any atom is 0.241 e. The molecule has 0 aliphatic carbocycles. The summed E-state index contributed by atoms with van der Waals surface area (Å²) in [5, 5.41) is 3.24. The summed E-state index contributed by atoms with van der Waals surface area (Å²) in [6, 6.07) is 7.72. The highest BCUT2D eigenvalue weighted by Gasteiger charge is 2.22. The van der Waals surface area contributed by atoms with Crippen molar-refractivity contribution >= 4 is 11.6 Å². The zero-order chi connectivity index (χ0) is 13.9. The van der Waals surface area contributed by atoms with Crippen LogP contribution in [0.1, 0.15) is 27.2 Å². The molecule has 1 amide bonds. The largest absolute Gasteiger partial charge is 0.491 e. The van der Waals surface area contributed by atoms with Gasteiger partial charge >= 0.3 is 0 Å². The topological polar surface area (TPSA) is 41.6 Å². The minimum atomic E-state index is -0.0580. The molecule has 4 heteroatoms. The number of fused-ring (bicyclic) bond motifs is 1. The van der Waals surface area contributed by atoms with Crippen LogP contribution >= 0.6 is 0 Å². The van der Waals surface area contributed by atoms with Crippen LogP contribution in [0.25, 0.3) is 0 Å². The van der Waals surface area contributed by atoms with E-state index in [2.05, 4.69) is 26.1 Å². The van der Waals surface area contributed by atoms with Crippen LogP contribution in [-0.4, -0.2) is 31.1 Å². The quantitative estimate of drug-likeness (QED) is 0.888. The molecule has 0 fully saturated rings. The average Bonchev–Trinajstić information content (AvgIpc) is 2.57. The molecule has 1 aromatic carbocycles. The van der Waals surface area contributed by atoms with E-state index in [9.17, 15) is 4.79 Å². The third kappa shape index (κ3) is 3.70. The van der Waals surface area contributed by atoms with Gasteiger partial charge in [0.15, 0.2) is 0 Å². The number of nitrogens with zero attached hydrogens (tertiary/aromatic N) is 1. The fourth-order valence-electron chi connectivity index (χ4n) is 2.02. The molecular weight excluding hydrogens is 240 g/mol. The summed E-state index contributed by atoms with van der Waals surface area (Å²) in [6.07, 6.45) is 0.857. The number of para-hydroxylation sites is 2. The predicted octanol–water partition coefficient (Wildman–Crippen LogP) is 2.19. The van der Waals surface area contributed by atoms with Crippen LogP contribution in [0.4, 0.5) is 5.69 Å². The van der Waals surface area contributed by atoms with Gasteiger partial charge < -0.3 is 15.0 Å². The Morgan fingerprint density at radius 1 is 1.37 bits per heavy atom. The van der Waals surface area contributed by atoms with Gasteiger partial charge in [0.1, 0.15) is 5.75 Å². The number of carbonyl (C=O) groups is 1. The number of hydrogen-bond donors (Lipinski definition) is 1. The lowest BCUT2D eigenvalue weighted by Gasteiger charge is -2.25. The summed E-state index contributed by atoms with van der Waals surface area (Å²) >= 11 is 0. The lowest BCUT2D eigenvalue weighted by atomic mass is 10.1. The summed E-state index contributed by atoms with van der Waals surface area (Å²) in [7, 11) is 0. The Kier molecular flexibility index (Phi) is 4.10. The minimum absolute atomic E-state index is 0.0580. The van der Waals surface area contributed by atoms with E-state index in [0.29, 0.717) is 19.7 Å². The molecule has 0 spiro atoms. The monoisotopic (exact) mass is 262 g/mol. The number of nitrogens with one attached hydrogen (secondary N) is 1. The SMILES string of the molecule is CC(C)(C)NCC(=O)N1CCCOc2ccccc21. The van der Waals surface area contributed by atoms with E-state index in [4.69, 9.17) is 4.74 Å². The molecule has 0 saturated heterocycles. The molecule has 2 rings (SSSR count). The van der Waals surface area contributed by atoms with Crippen molar-refractivity contribution in [2.45, 2.75) is 32.7 Å². The fraction of sp³-hybridized carbons (Fsp3) is 0.533. The number of anilines is 1. The first-order chi connectivity index (χ1) is 8.97. The van der Waals surface area contributed by atoms with E-state index < -0.39 is 0 Å². The summed E-state index contributed by atoms with van der Waals surface area (Å²) in [6.45, 7) is 7.88. The first-order valence-electron chi connectivity index (χ1n) is 6.74. The normalized spacial score (nSPS) is 15.4. The highest BCUT2D eigenvalue weighted by molar-refractivity contribution is 5.96. The van der Waals surface area contributed by atoms with Gasteiger partial charge in [-0.15, -0.1) is 0 Å². The van der Waals surface area contributed by atoms with Gasteiger partial charge in [-0.25, -0.2) is 0 Å². The number of carbonyl (C=O) groups excluding carboxylic acids is 1. The molecule has 0 radical (unpaired) electrons. The molecule has 1 N–H and O–H groups in total. The van der Waals surface area contributed by atoms with Gasteiger partial charge in [0.05, 0.1) is 18.8 Å². The van der Waals surface area contributed by atoms with Crippen molar-refractivity contribution in [2.75, 3.05) is 24.6 Å². The minimum Gasteiger partial charge on any atom is -0.491 e. The molecule has 1 aliphatic rings. The van der Waals surface area contributed by atoms with Crippen molar-refractivity contribution in [3.05, 3.63) is 24.3 Å². The molecule has 0 atom stereocenters. The number of benzene rings is 1. The summed E-state index contributed by atoms with van der Waals surface area (Å²) in [5.41, 5.74) is 0.818. The van der Waals surface area contributed by atoms with Crippen molar-refractivity contribution in [2.24, 2.45) is 0 Å². The molecule has 104 valence electrons. The Balaban J connectivity index is 2.13. The lowest BCUT2D eigenvalue weighted by molar-refractivity contribution is -0.118. The average molecular weight is 262 g/mol. The molecular formula is C15H22N2O2. The number of ether oxygens (including phenoxy) is 1. The van der Waals surface area contributed by atoms with Gasteiger partial charge in [0, 0.05) is 12.1 Å². The van der Waals surface area contributed by atoms with Crippen LogP contribution < -0.4 is 15.0 Å². The zero-order valence-corrected chi connectivity index (χ0v) is 11.9. The number of hydrogen-bond acceptors (Lipinski definition) is 3.